The lowest BCUT2D eigenvalue weighted by Crippen LogP contribution is -2.05. The van der Waals surface area contributed by atoms with Crippen molar-refractivity contribution in [3.05, 3.63) is 34.9 Å². The minimum absolute atomic E-state index is 0.218. The first-order valence-electron chi connectivity index (χ1n) is 4.16. The van der Waals surface area contributed by atoms with Gasteiger partial charge in [-0.05, 0) is 23.9 Å². The number of thioether (sulfide) groups is 1. The third-order valence-electron chi connectivity index (χ3n) is 1.69. The van der Waals surface area contributed by atoms with Crippen LogP contribution in [0.1, 0.15) is 10.4 Å². The van der Waals surface area contributed by atoms with Gasteiger partial charge in [-0.1, -0.05) is 35.3 Å². The van der Waals surface area contributed by atoms with Crippen LogP contribution in [0.25, 0.3) is 0 Å². The van der Waals surface area contributed by atoms with Crippen molar-refractivity contribution in [3.63, 3.8) is 0 Å². The van der Waals surface area contributed by atoms with Gasteiger partial charge in [-0.15, -0.1) is 10.5 Å². The number of nitrogens with zero attached hydrogens (tertiary/aromatic N) is 3. The van der Waals surface area contributed by atoms with E-state index in [1.165, 1.54) is 0 Å². The van der Waals surface area contributed by atoms with E-state index in [4.69, 9.17) is 23.2 Å². The summed E-state index contributed by atoms with van der Waals surface area (Å²) < 4.78 is 0.241. The Morgan fingerprint density at radius 3 is 2.69 bits per heavy atom. The predicted molar refractivity (Wildman–Crippen MR) is 66.2 cm³/mol. The minimum atomic E-state index is -0.460. The molecule has 1 aromatic carbocycles. The van der Waals surface area contributed by atoms with Crippen molar-refractivity contribution in [1.29, 1.82) is 0 Å². The summed E-state index contributed by atoms with van der Waals surface area (Å²) in [5.41, 5.74) is 3.95. The van der Waals surface area contributed by atoms with Crippen LogP contribution in [0.4, 0.5) is 0 Å². The second-order valence-electron chi connectivity index (χ2n) is 2.73. The number of amidine groups is 1. The zero-order valence-corrected chi connectivity index (χ0v) is 10.1. The number of aliphatic imine (C=N–C) groups is 1. The highest BCUT2D eigenvalue weighted by Crippen LogP contribution is 2.19. The molecule has 0 spiro atoms. The lowest BCUT2D eigenvalue weighted by molar-refractivity contribution is 0.100. The van der Waals surface area contributed by atoms with Crippen LogP contribution in [0.2, 0.25) is 5.02 Å². The van der Waals surface area contributed by atoms with Crippen molar-refractivity contribution in [3.8, 4) is 0 Å². The van der Waals surface area contributed by atoms with Crippen LogP contribution in [0.3, 0.4) is 0 Å². The predicted octanol–water partition coefficient (Wildman–Crippen LogP) is 2.70. The lowest BCUT2D eigenvalue weighted by atomic mass is 10.2. The average molecular weight is 273 g/mol. The summed E-state index contributed by atoms with van der Waals surface area (Å²) >= 11 is 12.4. The van der Waals surface area contributed by atoms with Gasteiger partial charge in [-0.2, -0.15) is 4.99 Å². The van der Waals surface area contributed by atoms with Crippen LogP contribution < -0.4 is 5.43 Å². The molecule has 0 bridgehead atoms. The highest BCUT2D eigenvalue weighted by molar-refractivity contribution is 8.29. The van der Waals surface area contributed by atoms with E-state index in [0.717, 1.165) is 11.8 Å². The van der Waals surface area contributed by atoms with E-state index >= 15 is 0 Å². The third kappa shape index (κ3) is 2.55. The van der Waals surface area contributed by atoms with Crippen molar-refractivity contribution < 1.29 is 4.79 Å². The number of carbonyl (C=O) groups excluding carboxylic acids is 1. The first kappa shape index (κ1) is 11.4. The van der Waals surface area contributed by atoms with Crippen molar-refractivity contribution >= 4 is 50.5 Å². The van der Waals surface area contributed by atoms with Gasteiger partial charge in [-0.3, -0.25) is 4.79 Å². The van der Waals surface area contributed by atoms with Gasteiger partial charge in [0.05, 0.1) is 10.6 Å². The van der Waals surface area contributed by atoms with E-state index in [-0.39, 0.29) is 9.67 Å². The van der Waals surface area contributed by atoms with Gasteiger partial charge in [0.1, 0.15) is 0 Å². The average Bonchev–Trinajstić information content (AvgIpc) is 2.64. The van der Waals surface area contributed by atoms with E-state index in [1.54, 1.807) is 24.3 Å². The van der Waals surface area contributed by atoms with E-state index in [1.807, 2.05) is 0 Å². The Bertz CT molecular complexity index is 501. The fourth-order valence-electron chi connectivity index (χ4n) is 1.03. The van der Waals surface area contributed by atoms with E-state index in [2.05, 4.69) is 15.5 Å². The number of halogens is 2. The summed E-state index contributed by atoms with van der Waals surface area (Å²) in [4.78, 5) is 15.4. The number of benzene rings is 1. The second kappa shape index (κ2) is 4.86. The maximum Gasteiger partial charge on any atom is 0.281 e. The molecule has 1 heterocycles. The summed E-state index contributed by atoms with van der Waals surface area (Å²) in [5.74, 6) is -0.460. The maximum atomic E-state index is 11.7. The van der Waals surface area contributed by atoms with Crippen LogP contribution in [0.15, 0.2) is 34.4 Å². The highest BCUT2D eigenvalue weighted by Gasteiger charge is 2.17. The highest BCUT2D eigenvalue weighted by atomic mass is 35.5. The quantitative estimate of drug-likeness (QED) is 0.789. The van der Waals surface area contributed by atoms with Gasteiger partial charge >= 0.3 is 0 Å². The fraction of sp³-hybridized carbons (Fsp3) is 0. The lowest BCUT2D eigenvalue weighted by Gasteiger charge is -1.98. The van der Waals surface area contributed by atoms with Crippen LogP contribution in [0.5, 0.6) is 0 Å². The summed E-state index contributed by atoms with van der Waals surface area (Å²) in [5, 5.41) is 4.11. The molecule has 0 saturated heterocycles. The topological polar surface area (TPSA) is 55.9 Å². The molecule has 7 heteroatoms. The first-order chi connectivity index (χ1) is 7.66. The SMILES string of the molecule is O=C(N=C1[N]N=C(Cl)S1)c1ccccc1Cl. The first-order valence-corrected chi connectivity index (χ1v) is 5.73. The minimum Gasteiger partial charge on any atom is -0.267 e. The summed E-state index contributed by atoms with van der Waals surface area (Å²) in [6.07, 6.45) is 0. The van der Waals surface area contributed by atoms with Crippen LogP contribution in [-0.2, 0) is 0 Å². The van der Waals surface area contributed by atoms with Crippen LogP contribution >= 0.6 is 35.0 Å². The molecular formula is C9H4Cl2N3OS. The molecule has 0 N–H and O–H groups in total. The van der Waals surface area contributed by atoms with Gasteiger partial charge in [0, 0.05) is 0 Å². The number of carbonyl (C=O) groups is 1. The molecule has 1 aliphatic heterocycles. The molecule has 0 aliphatic carbocycles. The molecule has 0 aromatic heterocycles. The Hall–Kier alpha value is -1.04. The monoisotopic (exact) mass is 272 g/mol. The Balaban J connectivity index is 2.19. The van der Waals surface area contributed by atoms with Gasteiger partial charge in [0.15, 0.2) is 4.50 Å². The smallest absolute Gasteiger partial charge is 0.267 e. The molecule has 1 aliphatic rings. The standard InChI is InChI=1S/C9H4Cl2N3OS/c10-6-4-2-1-3-5(6)7(15)12-9-14-13-8(11)16-9/h1-4H. The molecule has 1 radical (unpaired) electrons. The summed E-state index contributed by atoms with van der Waals surface area (Å²) in [6, 6.07) is 6.66. The fourth-order valence-corrected chi connectivity index (χ4v) is 1.93. The number of amides is 1. The number of rotatable bonds is 1. The Labute approximate surface area is 106 Å². The van der Waals surface area contributed by atoms with E-state index in [0.29, 0.717) is 10.6 Å². The molecule has 81 valence electrons. The van der Waals surface area contributed by atoms with Crippen LogP contribution in [0, 0.1) is 0 Å². The van der Waals surface area contributed by atoms with Gasteiger partial charge in [0.25, 0.3) is 5.91 Å². The van der Waals surface area contributed by atoms with Crippen molar-refractivity contribution in [2.45, 2.75) is 0 Å². The molecular weight excluding hydrogens is 269 g/mol. The van der Waals surface area contributed by atoms with E-state index < -0.39 is 5.91 Å². The van der Waals surface area contributed by atoms with Gasteiger partial charge in [0.2, 0.25) is 5.17 Å². The Morgan fingerprint density at radius 2 is 2.06 bits per heavy atom. The molecule has 0 saturated carbocycles. The molecule has 0 fully saturated rings. The summed E-state index contributed by atoms with van der Waals surface area (Å²) in [6.45, 7) is 0. The number of hydrogen-bond donors (Lipinski definition) is 0. The Morgan fingerprint density at radius 1 is 1.31 bits per heavy atom. The summed E-state index contributed by atoms with van der Waals surface area (Å²) in [7, 11) is 0. The molecule has 4 nitrogen and oxygen atoms in total. The Kier molecular flexibility index (Phi) is 3.48. The van der Waals surface area contributed by atoms with Gasteiger partial charge < -0.3 is 0 Å². The molecule has 1 amide bonds. The van der Waals surface area contributed by atoms with Crippen LogP contribution in [-0.4, -0.2) is 15.6 Å². The normalized spacial score (nSPS) is 17.1. The molecule has 0 unspecified atom stereocenters. The molecule has 2 rings (SSSR count). The zero-order valence-electron chi connectivity index (χ0n) is 7.72. The molecule has 16 heavy (non-hydrogen) atoms. The maximum absolute atomic E-state index is 11.7. The van der Waals surface area contributed by atoms with E-state index in [9.17, 15) is 4.79 Å². The zero-order chi connectivity index (χ0) is 11.5. The largest absolute Gasteiger partial charge is 0.281 e. The number of hydrogen-bond acceptors (Lipinski definition) is 3. The molecule has 1 aromatic rings. The third-order valence-corrected chi connectivity index (χ3v) is 2.93. The van der Waals surface area contributed by atoms with Crippen molar-refractivity contribution in [2.24, 2.45) is 10.1 Å². The van der Waals surface area contributed by atoms with Gasteiger partial charge in [-0.25, -0.2) is 0 Å². The van der Waals surface area contributed by atoms with Crippen molar-refractivity contribution in [1.82, 2.24) is 5.43 Å². The van der Waals surface area contributed by atoms with Crippen molar-refractivity contribution in [2.75, 3.05) is 0 Å². The second-order valence-corrected chi connectivity index (χ2v) is 4.68. The molecule has 0 atom stereocenters.